The number of anilines is 1. The fraction of sp³-hybridized carbons (Fsp3) is 0.571. The van der Waals surface area contributed by atoms with Gasteiger partial charge in [-0.25, -0.2) is 9.71 Å². The van der Waals surface area contributed by atoms with E-state index in [9.17, 15) is 8.42 Å². The summed E-state index contributed by atoms with van der Waals surface area (Å²) in [4.78, 5) is 3.82. The highest BCUT2D eigenvalue weighted by atomic mass is 32.2. The molecule has 0 aliphatic heterocycles. The first-order valence-corrected chi connectivity index (χ1v) is 6.62. The van der Waals surface area contributed by atoms with Crippen LogP contribution >= 0.6 is 11.3 Å². The molecule has 0 aliphatic carbocycles. The van der Waals surface area contributed by atoms with Crippen molar-refractivity contribution in [1.29, 1.82) is 0 Å². The maximum absolute atomic E-state index is 11.6. The second-order valence-electron chi connectivity index (χ2n) is 2.84. The molecule has 1 aromatic heterocycles. The highest BCUT2D eigenvalue weighted by molar-refractivity contribution is 7.90. The zero-order valence-corrected chi connectivity index (χ0v) is 9.88. The van der Waals surface area contributed by atoms with Crippen molar-refractivity contribution in [3.05, 3.63) is 11.6 Å². The quantitative estimate of drug-likeness (QED) is 0.752. The lowest BCUT2D eigenvalue weighted by Crippen LogP contribution is -2.33. The Bertz CT molecular complexity index is 376. The van der Waals surface area contributed by atoms with E-state index in [2.05, 4.69) is 9.71 Å². The molecule has 8 heteroatoms. The summed E-state index contributed by atoms with van der Waals surface area (Å²) in [5, 5.41) is 10.6. The van der Waals surface area contributed by atoms with Gasteiger partial charge in [-0.2, -0.15) is 12.7 Å². The van der Waals surface area contributed by atoms with Crippen LogP contribution in [0.5, 0.6) is 0 Å². The van der Waals surface area contributed by atoms with Crippen LogP contribution in [0.1, 0.15) is 6.42 Å². The number of nitrogens with one attached hydrogen (secondary N) is 1. The summed E-state index contributed by atoms with van der Waals surface area (Å²) in [6.07, 6.45) is 1.94. The van der Waals surface area contributed by atoms with Crippen molar-refractivity contribution in [2.45, 2.75) is 6.42 Å². The maximum atomic E-state index is 11.6. The molecule has 1 rings (SSSR count). The van der Waals surface area contributed by atoms with Crippen LogP contribution in [0.4, 0.5) is 5.13 Å². The van der Waals surface area contributed by atoms with E-state index < -0.39 is 10.2 Å². The lowest BCUT2D eigenvalue weighted by Gasteiger charge is -2.16. The Morgan fingerprint density at radius 3 is 2.93 bits per heavy atom. The number of aliphatic hydroxyl groups excluding tert-OH is 1. The van der Waals surface area contributed by atoms with Crippen LogP contribution in [0.2, 0.25) is 0 Å². The number of thiazole rings is 1. The molecule has 0 radical (unpaired) electrons. The minimum Gasteiger partial charge on any atom is -0.396 e. The van der Waals surface area contributed by atoms with E-state index in [1.54, 1.807) is 5.38 Å². The zero-order chi connectivity index (χ0) is 11.3. The fourth-order valence-electron chi connectivity index (χ4n) is 0.876. The molecule has 0 saturated carbocycles. The standard InChI is InChI=1S/C7H13N3O3S2/c1-10(4-2-5-11)15(12,13)9-7-8-3-6-14-7/h3,6,11H,2,4-5H2,1H3,(H,8,9). The van der Waals surface area contributed by atoms with Gasteiger partial charge < -0.3 is 5.11 Å². The van der Waals surface area contributed by atoms with Gasteiger partial charge in [0, 0.05) is 31.8 Å². The third kappa shape index (κ3) is 3.74. The lowest BCUT2D eigenvalue weighted by molar-refractivity contribution is 0.276. The smallest absolute Gasteiger partial charge is 0.303 e. The van der Waals surface area contributed by atoms with Gasteiger partial charge in [0.2, 0.25) is 0 Å². The number of rotatable bonds is 6. The van der Waals surface area contributed by atoms with Gasteiger partial charge in [0.15, 0.2) is 5.13 Å². The van der Waals surface area contributed by atoms with Crippen LogP contribution in [0.15, 0.2) is 11.6 Å². The molecular formula is C7H13N3O3S2. The first-order valence-electron chi connectivity index (χ1n) is 4.30. The van der Waals surface area contributed by atoms with E-state index in [0.717, 1.165) is 4.31 Å². The number of aliphatic hydroxyl groups is 1. The summed E-state index contributed by atoms with van der Waals surface area (Å²) in [6, 6.07) is 0. The van der Waals surface area contributed by atoms with Gasteiger partial charge in [-0.05, 0) is 6.42 Å². The molecule has 0 atom stereocenters. The SMILES string of the molecule is CN(CCCO)S(=O)(=O)Nc1nccs1. The van der Waals surface area contributed by atoms with E-state index in [0.29, 0.717) is 11.6 Å². The minimum absolute atomic E-state index is 0.0306. The molecule has 86 valence electrons. The molecule has 0 aliphatic rings. The molecule has 0 saturated heterocycles. The molecule has 0 unspecified atom stereocenters. The molecular weight excluding hydrogens is 238 g/mol. The summed E-state index contributed by atoms with van der Waals surface area (Å²) >= 11 is 1.21. The molecule has 6 nitrogen and oxygen atoms in total. The number of aromatic nitrogens is 1. The Balaban J connectivity index is 2.59. The van der Waals surface area contributed by atoms with Crippen LogP contribution in [0.25, 0.3) is 0 Å². The van der Waals surface area contributed by atoms with E-state index in [4.69, 9.17) is 5.11 Å². The predicted molar refractivity (Wildman–Crippen MR) is 59.0 cm³/mol. The third-order valence-corrected chi connectivity index (χ3v) is 3.96. The van der Waals surface area contributed by atoms with Crippen molar-refractivity contribution in [2.75, 3.05) is 24.9 Å². The average Bonchev–Trinajstić information content (AvgIpc) is 2.65. The normalized spacial score (nSPS) is 11.9. The van der Waals surface area contributed by atoms with Crippen LogP contribution < -0.4 is 4.72 Å². The van der Waals surface area contributed by atoms with Crippen molar-refractivity contribution in [3.8, 4) is 0 Å². The van der Waals surface area contributed by atoms with Crippen molar-refractivity contribution >= 4 is 26.7 Å². The Morgan fingerprint density at radius 2 is 2.40 bits per heavy atom. The van der Waals surface area contributed by atoms with Gasteiger partial charge in [0.05, 0.1) is 0 Å². The topological polar surface area (TPSA) is 82.5 Å². The summed E-state index contributed by atoms with van der Waals surface area (Å²) in [6.45, 7) is 0.244. The summed E-state index contributed by atoms with van der Waals surface area (Å²) < 4.78 is 26.7. The largest absolute Gasteiger partial charge is 0.396 e. The van der Waals surface area contributed by atoms with E-state index in [-0.39, 0.29) is 13.2 Å². The maximum Gasteiger partial charge on any atom is 0.303 e. The van der Waals surface area contributed by atoms with Gasteiger partial charge in [-0.1, -0.05) is 0 Å². The van der Waals surface area contributed by atoms with Crippen molar-refractivity contribution in [3.63, 3.8) is 0 Å². The number of nitrogens with zero attached hydrogens (tertiary/aromatic N) is 2. The predicted octanol–water partition coefficient (Wildman–Crippen LogP) is 0.114. The highest BCUT2D eigenvalue weighted by Crippen LogP contribution is 2.13. The van der Waals surface area contributed by atoms with Gasteiger partial charge in [0.25, 0.3) is 0 Å². The lowest BCUT2D eigenvalue weighted by atomic mass is 10.5. The summed E-state index contributed by atoms with van der Waals surface area (Å²) in [7, 11) is -2.09. The van der Waals surface area contributed by atoms with E-state index >= 15 is 0 Å². The molecule has 0 fully saturated rings. The minimum atomic E-state index is -3.54. The Hall–Kier alpha value is -0.700. The van der Waals surface area contributed by atoms with Crippen molar-refractivity contribution < 1.29 is 13.5 Å². The third-order valence-electron chi connectivity index (χ3n) is 1.69. The number of hydrogen-bond acceptors (Lipinski definition) is 5. The van der Waals surface area contributed by atoms with E-state index in [1.807, 2.05) is 0 Å². The molecule has 0 aromatic carbocycles. The van der Waals surface area contributed by atoms with Crippen LogP contribution in [0.3, 0.4) is 0 Å². The monoisotopic (exact) mass is 251 g/mol. The molecule has 2 N–H and O–H groups in total. The van der Waals surface area contributed by atoms with Gasteiger partial charge in [0.1, 0.15) is 0 Å². The van der Waals surface area contributed by atoms with E-state index in [1.165, 1.54) is 24.6 Å². The molecule has 0 spiro atoms. The molecule has 0 bridgehead atoms. The van der Waals surface area contributed by atoms with Gasteiger partial charge in [-0.3, -0.25) is 0 Å². The first-order chi connectivity index (χ1) is 7.06. The highest BCUT2D eigenvalue weighted by Gasteiger charge is 2.17. The van der Waals surface area contributed by atoms with Crippen molar-refractivity contribution in [2.24, 2.45) is 0 Å². The first kappa shape index (κ1) is 12.4. The Morgan fingerprint density at radius 1 is 1.67 bits per heavy atom. The Kier molecular flexibility index (Phi) is 4.45. The van der Waals surface area contributed by atoms with Gasteiger partial charge >= 0.3 is 10.2 Å². The second-order valence-corrected chi connectivity index (χ2v) is 5.52. The zero-order valence-electron chi connectivity index (χ0n) is 8.25. The van der Waals surface area contributed by atoms with Crippen LogP contribution in [-0.4, -0.2) is 43.0 Å². The summed E-state index contributed by atoms with van der Waals surface area (Å²) in [5.41, 5.74) is 0. The molecule has 15 heavy (non-hydrogen) atoms. The second kappa shape index (κ2) is 5.40. The van der Waals surface area contributed by atoms with Gasteiger partial charge in [-0.15, -0.1) is 11.3 Å². The van der Waals surface area contributed by atoms with Crippen LogP contribution in [-0.2, 0) is 10.2 Å². The fourth-order valence-corrected chi connectivity index (χ4v) is 2.56. The summed E-state index contributed by atoms with van der Waals surface area (Å²) in [5.74, 6) is 0. The van der Waals surface area contributed by atoms with Crippen molar-refractivity contribution in [1.82, 2.24) is 9.29 Å². The average molecular weight is 251 g/mol. The number of hydrogen-bond donors (Lipinski definition) is 2. The molecule has 0 amide bonds. The van der Waals surface area contributed by atoms with Crippen LogP contribution in [0, 0.1) is 0 Å². The molecule has 1 heterocycles. The Labute approximate surface area is 92.8 Å². The molecule has 1 aromatic rings.